The Bertz CT molecular complexity index is 1370. The molecule has 0 aliphatic heterocycles. The number of imidazole rings is 1. The van der Waals surface area contributed by atoms with Crippen LogP contribution in [-0.2, 0) is 36.9 Å². The lowest BCUT2D eigenvalue weighted by molar-refractivity contribution is 0.176. The van der Waals surface area contributed by atoms with Crippen LogP contribution in [0.15, 0.2) is 64.8 Å². The summed E-state index contributed by atoms with van der Waals surface area (Å²) in [5.41, 5.74) is 0.830. The molecule has 3 rings (SSSR count). The van der Waals surface area contributed by atoms with E-state index < -0.39 is 25.7 Å². The van der Waals surface area contributed by atoms with Crippen LogP contribution < -0.4 is 4.74 Å². The lowest BCUT2D eigenvalue weighted by atomic mass is 10.2. The maximum Gasteiger partial charge on any atom is 0.243 e. The second-order valence-electron chi connectivity index (χ2n) is 8.39. The number of sulfone groups is 1. The Balaban J connectivity index is 1.97. The molecular weight excluding hydrogens is 509 g/mol. The minimum absolute atomic E-state index is 0.0474. The molecular formula is C24H30FN3O6S2. The Morgan fingerprint density at radius 2 is 1.64 bits per heavy atom. The van der Waals surface area contributed by atoms with Crippen molar-refractivity contribution in [2.75, 3.05) is 27.4 Å². The number of rotatable bonds is 12. The summed E-state index contributed by atoms with van der Waals surface area (Å²) in [6.45, 7) is 3.65. The van der Waals surface area contributed by atoms with Gasteiger partial charge in [0.2, 0.25) is 25.0 Å². The minimum Gasteiger partial charge on any atom is -0.497 e. The molecule has 0 aliphatic carbocycles. The largest absolute Gasteiger partial charge is 0.497 e. The second kappa shape index (κ2) is 11.5. The minimum atomic E-state index is -3.95. The van der Waals surface area contributed by atoms with E-state index in [1.165, 1.54) is 65.7 Å². The highest BCUT2D eigenvalue weighted by molar-refractivity contribution is 7.90. The van der Waals surface area contributed by atoms with Crippen LogP contribution in [0, 0.1) is 5.82 Å². The number of nitrogens with zero attached hydrogens (tertiary/aromatic N) is 3. The highest BCUT2D eigenvalue weighted by Crippen LogP contribution is 2.26. The van der Waals surface area contributed by atoms with Crippen LogP contribution in [0.25, 0.3) is 0 Å². The Hall–Kier alpha value is -2.80. The normalized spacial score (nSPS) is 12.4. The zero-order valence-corrected chi connectivity index (χ0v) is 22.2. The molecule has 0 unspecified atom stereocenters. The molecule has 0 aliphatic rings. The molecule has 12 heteroatoms. The van der Waals surface area contributed by atoms with Crippen LogP contribution >= 0.6 is 0 Å². The van der Waals surface area contributed by atoms with E-state index in [-0.39, 0.29) is 41.5 Å². The smallest absolute Gasteiger partial charge is 0.243 e. The van der Waals surface area contributed by atoms with Crippen LogP contribution in [0.5, 0.6) is 5.75 Å². The number of sulfonamides is 1. The fraction of sp³-hybridized carbons (Fsp3) is 0.375. The van der Waals surface area contributed by atoms with Gasteiger partial charge in [0, 0.05) is 19.7 Å². The number of methoxy groups -OCH3 is 2. The van der Waals surface area contributed by atoms with E-state index in [1.54, 1.807) is 26.0 Å². The molecule has 2 aromatic carbocycles. The topological polar surface area (TPSA) is 108 Å². The Morgan fingerprint density at radius 3 is 2.19 bits per heavy atom. The van der Waals surface area contributed by atoms with Crippen molar-refractivity contribution in [3.63, 3.8) is 0 Å². The van der Waals surface area contributed by atoms with Crippen LogP contribution in [0.2, 0.25) is 0 Å². The maximum atomic E-state index is 13.4. The van der Waals surface area contributed by atoms with Crippen LogP contribution in [0.4, 0.5) is 4.39 Å². The molecule has 36 heavy (non-hydrogen) atoms. The van der Waals surface area contributed by atoms with E-state index in [2.05, 4.69) is 4.98 Å². The summed E-state index contributed by atoms with van der Waals surface area (Å²) in [5, 5.41) is -0.176. The zero-order valence-electron chi connectivity index (χ0n) is 20.6. The van der Waals surface area contributed by atoms with Crippen LogP contribution in [-0.4, -0.2) is 58.1 Å². The molecule has 0 saturated carbocycles. The third kappa shape index (κ3) is 6.30. The Morgan fingerprint density at radius 1 is 1.00 bits per heavy atom. The third-order valence-corrected chi connectivity index (χ3v) is 8.92. The summed E-state index contributed by atoms with van der Waals surface area (Å²) >= 11 is 0. The van der Waals surface area contributed by atoms with E-state index >= 15 is 0 Å². The number of halogens is 1. The predicted octanol–water partition coefficient (Wildman–Crippen LogP) is 3.42. The predicted molar refractivity (Wildman–Crippen MR) is 132 cm³/mol. The molecule has 1 heterocycles. The maximum absolute atomic E-state index is 13.4. The van der Waals surface area contributed by atoms with Gasteiger partial charge in [0.25, 0.3) is 0 Å². The first-order chi connectivity index (χ1) is 17.0. The summed E-state index contributed by atoms with van der Waals surface area (Å²) in [6, 6.07) is 10.9. The Labute approximate surface area is 211 Å². The molecule has 196 valence electrons. The van der Waals surface area contributed by atoms with Crippen LogP contribution in [0.3, 0.4) is 0 Å². The number of aromatic nitrogens is 2. The van der Waals surface area contributed by atoms with Crippen molar-refractivity contribution in [1.82, 2.24) is 13.9 Å². The standard InChI is InChI=1S/C24H30FN3O6S2/c1-18(2)28-21(15-26-24(28)35(29,30)17-19-5-7-20(25)8-6-19)16-27(13-14-33-3)36(31,32)23-11-9-22(34-4)10-12-23/h5-12,15,18H,13-14,16-17H2,1-4H3. The van der Waals surface area contributed by atoms with Gasteiger partial charge in [0.15, 0.2) is 0 Å². The van der Waals surface area contributed by atoms with Gasteiger partial charge in [-0.15, -0.1) is 0 Å². The average Bonchev–Trinajstić information content (AvgIpc) is 3.28. The molecule has 0 bridgehead atoms. The number of ether oxygens (including phenoxy) is 2. The average molecular weight is 540 g/mol. The SMILES string of the molecule is COCCN(Cc1cnc(S(=O)(=O)Cc2ccc(F)cc2)n1C(C)C)S(=O)(=O)c1ccc(OC)cc1. The van der Waals surface area contributed by atoms with Gasteiger partial charge in [0.1, 0.15) is 11.6 Å². The van der Waals surface area contributed by atoms with Gasteiger partial charge < -0.3 is 14.0 Å². The molecule has 0 amide bonds. The summed E-state index contributed by atoms with van der Waals surface area (Å²) < 4.78 is 79.6. The van der Waals surface area contributed by atoms with Gasteiger partial charge in [-0.25, -0.2) is 26.2 Å². The summed E-state index contributed by atoms with van der Waals surface area (Å²) in [5.74, 6) is -0.309. The Kier molecular flexibility index (Phi) is 8.88. The molecule has 0 spiro atoms. The molecule has 3 aromatic rings. The monoisotopic (exact) mass is 539 g/mol. The lowest BCUT2D eigenvalue weighted by Crippen LogP contribution is -2.34. The molecule has 0 N–H and O–H groups in total. The van der Waals surface area contributed by atoms with E-state index in [1.807, 2.05) is 0 Å². The second-order valence-corrected chi connectivity index (χ2v) is 12.2. The quantitative estimate of drug-likeness (QED) is 0.347. The van der Waals surface area contributed by atoms with Crippen molar-refractivity contribution in [3.05, 3.63) is 71.8 Å². The molecule has 0 radical (unpaired) electrons. The molecule has 0 saturated heterocycles. The highest BCUT2D eigenvalue weighted by atomic mass is 32.2. The first-order valence-electron chi connectivity index (χ1n) is 11.2. The fourth-order valence-electron chi connectivity index (χ4n) is 3.70. The summed E-state index contributed by atoms with van der Waals surface area (Å²) in [7, 11) is -4.89. The van der Waals surface area contributed by atoms with Gasteiger partial charge in [-0.1, -0.05) is 12.1 Å². The van der Waals surface area contributed by atoms with Gasteiger partial charge in [0.05, 0.1) is 42.8 Å². The van der Waals surface area contributed by atoms with Gasteiger partial charge in [-0.05, 0) is 55.8 Å². The summed E-state index contributed by atoms with van der Waals surface area (Å²) in [6.07, 6.45) is 1.38. The van der Waals surface area contributed by atoms with E-state index in [4.69, 9.17) is 9.47 Å². The zero-order chi connectivity index (χ0) is 26.5. The molecule has 0 fully saturated rings. The molecule has 9 nitrogen and oxygen atoms in total. The van der Waals surface area contributed by atoms with Crippen molar-refractivity contribution in [2.45, 2.75) is 42.2 Å². The van der Waals surface area contributed by atoms with Gasteiger partial charge in [-0.2, -0.15) is 4.31 Å². The van der Waals surface area contributed by atoms with Crippen molar-refractivity contribution in [2.24, 2.45) is 0 Å². The van der Waals surface area contributed by atoms with E-state index in [9.17, 15) is 21.2 Å². The number of hydrogen-bond donors (Lipinski definition) is 0. The van der Waals surface area contributed by atoms with Crippen molar-refractivity contribution < 1.29 is 30.7 Å². The fourth-order valence-corrected chi connectivity index (χ4v) is 6.69. The molecule has 0 atom stereocenters. The third-order valence-electron chi connectivity index (χ3n) is 5.48. The highest BCUT2D eigenvalue weighted by Gasteiger charge is 2.30. The van der Waals surface area contributed by atoms with Crippen LogP contribution in [0.1, 0.15) is 31.1 Å². The first-order valence-corrected chi connectivity index (χ1v) is 14.2. The molecule has 1 aromatic heterocycles. The van der Waals surface area contributed by atoms with Gasteiger partial charge in [-0.3, -0.25) is 0 Å². The lowest BCUT2D eigenvalue weighted by Gasteiger charge is -2.24. The number of benzene rings is 2. The van der Waals surface area contributed by atoms with Gasteiger partial charge >= 0.3 is 0 Å². The van der Waals surface area contributed by atoms with Crippen molar-refractivity contribution in [3.8, 4) is 5.75 Å². The number of hydrogen-bond acceptors (Lipinski definition) is 7. The summed E-state index contributed by atoms with van der Waals surface area (Å²) in [4.78, 5) is 4.23. The first kappa shape index (κ1) is 27.8. The van der Waals surface area contributed by atoms with Crippen molar-refractivity contribution in [1.29, 1.82) is 0 Å². The van der Waals surface area contributed by atoms with E-state index in [0.717, 1.165) is 0 Å². The van der Waals surface area contributed by atoms with E-state index in [0.29, 0.717) is 17.0 Å². The van der Waals surface area contributed by atoms with Crippen molar-refractivity contribution >= 4 is 19.9 Å².